The molecule has 11 aromatic carbocycles. The molecule has 1 aliphatic rings. The van der Waals surface area contributed by atoms with E-state index in [9.17, 15) is 4.39 Å². The molecule has 0 aliphatic heterocycles. The van der Waals surface area contributed by atoms with Crippen LogP contribution in [0.15, 0.2) is 237 Å². The Morgan fingerprint density at radius 2 is 1.00 bits per heavy atom. The molecule has 0 N–H and O–H groups in total. The highest BCUT2D eigenvalue weighted by Crippen LogP contribution is 2.50. The molecule has 13 rings (SSSR count). The van der Waals surface area contributed by atoms with E-state index in [4.69, 9.17) is 0 Å². The fraction of sp³-hybridized carbons (Fsp3) is 0.0462. The van der Waals surface area contributed by atoms with Crippen LogP contribution in [0.25, 0.3) is 77.4 Å². The molecule has 3 nitrogen and oxygen atoms in total. The zero-order valence-corrected chi connectivity index (χ0v) is 38.3. The van der Waals surface area contributed by atoms with E-state index in [-0.39, 0.29) is 11.2 Å². The van der Waals surface area contributed by atoms with Gasteiger partial charge in [0.15, 0.2) is 0 Å². The van der Waals surface area contributed by atoms with Gasteiger partial charge in [0.25, 0.3) is 0 Å². The van der Waals surface area contributed by atoms with Crippen LogP contribution in [0.2, 0.25) is 0 Å². The van der Waals surface area contributed by atoms with Gasteiger partial charge in [-0.25, -0.2) is 4.39 Å². The Morgan fingerprint density at radius 3 is 1.74 bits per heavy atom. The summed E-state index contributed by atoms with van der Waals surface area (Å²) in [6.45, 7) is 4.61. The number of hydrogen-bond donors (Lipinski definition) is 0. The maximum atomic E-state index is 14.5. The third kappa shape index (κ3) is 6.78. The van der Waals surface area contributed by atoms with Gasteiger partial charge in [-0.15, -0.1) is 0 Å². The van der Waals surface area contributed by atoms with Crippen molar-refractivity contribution in [1.82, 2.24) is 4.57 Å². The summed E-state index contributed by atoms with van der Waals surface area (Å²) in [4.78, 5) is 4.48. The first-order valence-electron chi connectivity index (χ1n) is 23.7. The van der Waals surface area contributed by atoms with Crippen LogP contribution >= 0.6 is 0 Å². The number of aromatic nitrogens is 1. The number of fused-ring (bicyclic) bond motifs is 4. The molecule has 0 radical (unpaired) electrons. The lowest BCUT2D eigenvalue weighted by Gasteiger charge is -2.25. The van der Waals surface area contributed by atoms with Crippen molar-refractivity contribution in [2.24, 2.45) is 0 Å². The second-order valence-electron chi connectivity index (χ2n) is 18.8. The van der Waals surface area contributed by atoms with Crippen molar-refractivity contribution in [2.45, 2.75) is 19.3 Å². The fourth-order valence-corrected chi connectivity index (χ4v) is 11.0. The number of hydrogen-bond acceptors (Lipinski definition) is 2. The van der Waals surface area contributed by atoms with Crippen LogP contribution in [0.4, 0.5) is 32.8 Å². The van der Waals surface area contributed by atoms with Crippen LogP contribution in [0.3, 0.4) is 0 Å². The van der Waals surface area contributed by atoms with Crippen LogP contribution < -0.4 is 9.80 Å². The van der Waals surface area contributed by atoms with Gasteiger partial charge in [-0.2, -0.15) is 0 Å². The van der Waals surface area contributed by atoms with Crippen molar-refractivity contribution in [2.75, 3.05) is 9.80 Å². The zero-order chi connectivity index (χ0) is 46.2. The Kier molecular flexibility index (Phi) is 9.38. The summed E-state index contributed by atoms with van der Waals surface area (Å²) >= 11 is 0. The van der Waals surface area contributed by atoms with E-state index in [0.717, 1.165) is 61.8 Å². The summed E-state index contributed by atoms with van der Waals surface area (Å²) in [6, 6.07) is 81.6. The average molecular weight is 888 g/mol. The van der Waals surface area contributed by atoms with Gasteiger partial charge in [-0.3, -0.25) is 0 Å². The van der Waals surface area contributed by atoms with E-state index < -0.39 is 0 Å². The molecule has 1 aliphatic carbocycles. The summed E-state index contributed by atoms with van der Waals surface area (Å²) in [5, 5.41) is 7.27. The Balaban J connectivity index is 0.954. The lowest BCUT2D eigenvalue weighted by atomic mass is 9.82. The van der Waals surface area contributed by atoms with Gasteiger partial charge in [-0.1, -0.05) is 135 Å². The molecule has 0 saturated heterocycles. The van der Waals surface area contributed by atoms with Crippen molar-refractivity contribution in [3.05, 3.63) is 259 Å². The van der Waals surface area contributed by atoms with Gasteiger partial charge < -0.3 is 14.4 Å². The fourth-order valence-electron chi connectivity index (χ4n) is 11.0. The number of halogens is 1. The van der Waals surface area contributed by atoms with Gasteiger partial charge in [0.1, 0.15) is 5.82 Å². The maximum absolute atomic E-state index is 14.5. The molecule has 0 unspecified atom stereocenters. The molecule has 0 saturated carbocycles. The first-order chi connectivity index (χ1) is 33.9. The third-order valence-electron chi connectivity index (χ3n) is 14.3. The minimum absolute atomic E-state index is 0.162. The van der Waals surface area contributed by atoms with Gasteiger partial charge >= 0.3 is 0 Å². The monoisotopic (exact) mass is 887 g/mol. The predicted octanol–water partition coefficient (Wildman–Crippen LogP) is 17.9. The molecule has 12 aromatic rings. The van der Waals surface area contributed by atoms with Gasteiger partial charge in [0.05, 0.1) is 11.0 Å². The number of anilines is 5. The standard InChI is InChI=1S/C65H46FN3/c1-65(2)59-20-12-11-19-57(59)58-34-33-55(42-60(58)65)67(51-31-26-50(66)27-32-51)36-35-43-37-47-21-22-48-39-49(45-23-28-54(29-24-45)68(52-15-5-3-6-16-52)53-17-7-4-8-18-53)41-62-64(48)63(47)61(38-43)69(62)56-30-25-44-13-9-10-14-46(44)40-56/h3-42H,1-2H3/b36-35+. The molecule has 328 valence electrons. The second kappa shape index (κ2) is 16.0. The van der Waals surface area contributed by atoms with E-state index in [2.05, 4.69) is 247 Å². The second-order valence-corrected chi connectivity index (χ2v) is 18.8. The molecule has 0 amide bonds. The Labute approximate surface area is 401 Å². The van der Waals surface area contributed by atoms with Crippen LogP contribution in [-0.2, 0) is 5.41 Å². The lowest BCUT2D eigenvalue weighted by Crippen LogP contribution is -2.16. The van der Waals surface area contributed by atoms with Crippen LogP contribution in [-0.4, -0.2) is 4.57 Å². The van der Waals surface area contributed by atoms with E-state index >= 15 is 0 Å². The number of nitrogens with zero attached hydrogens (tertiary/aromatic N) is 3. The summed E-state index contributed by atoms with van der Waals surface area (Å²) in [7, 11) is 0. The average Bonchev–Trinajstić information content (AvgIpc) is 3.85. The van der Waals surface area contributed by atoms with E-state index in [1.807, 2.05) is 12.1 Å². The van der Waals surface area contributed by atoms with Crippen molar-refractivity contribution in [3.8, 4) is 27.9 Å². The van der Waals surface area contributed by atoms with Crippen molar-refractivity contribution in [3.63, 3.8) is 0 Å². The summed E-state index contributed by atoms with van der Waals surface area (Å²) in [6.07, 6.45) is 4.33. The van der Waals surface area contributed by atoms with Crippen molar-refractivity contribution in [1.29, 1.82) is 0 Å². The largest absolute Gasteiger partial charge is 0.317 e. The molecule has 1 heterocycles. The molecule has 0 fully saturated rings. The third-order valence-corrected chi connectivity index (χ3v) is 14.3. The van der Waals surface area contributed by atoms with E-state index in [1.165, 1.54) is 66.7 Å². The minimum Gasteiger partial charge on any atom is -0.317 e. The Bertz CT molecular complexity index is 3880. The normalized spacial score (nSPS) is 12.9. The minimum atomic E-state index is -0.261. The molecular formula is C65H46FN3. The highest BCUT2D eigenvalue weighted by molar-refractivity contribution is 6.25. The van der Waals surface area contributed by atoms with E-state index in [0.29, 0.717) is 0 Å². The molecule has 0 spiro atoms. The van der Waals surface area contributed by atoms with Crippen LogP contribution in [0, 0.1) is 5.82 Å². The van der Waals surface area contributed by atoms with Crippen molar-refractivity contribution >= 4 is 77.9 Å². The smallest absolute Gasteiger partial charge is 0.123 e. The molecule has 1 aromatic heterocycles. The highest BCUT2D eigenvalue weighted by Gasteiger charge is 2.35. The first-order valence-corrected chi connectivity index (χ1v) is 23.7. The maximum Gasteiger partial charge on any atom is 0.123 e. The SMILES string of the molecule is CC1(C)c2ccccc2-c2ccc(N(/C=C/c3cc4ccc5cc(-c6ccc(N(c7ccccc7)c7ccccc7)cc6)cc6c5c4c(c3)n6-c3ccc4ccccc4c3)c3ccc(F)cc3)cc21. The summed E-state index contributed by atoms with van der Waals surface area (Å²) in [5.41, 5.74) is 17.0. The topological polar surface area (TPSA) is 11.4 Å². The summed E-state index contributed by atoms with van der Waals surface area (Å²) < 4.78 is 16.9. The van der Waals surface area contributed by atoms with Crippen LogP contribution in [0.1, 0.15) is 30.5 Å². The number of para-hydroxylation sites is 2. The molecule has 0 atom stereocenters. The molecule has 0 bridgehead atoms. The Morgan fingerprint density at radius 1 is 0.420 bits per heavy atom. The van der Waals surface area contributed by atoms with Gasteiger partial charge in [0, 0.05) is 56.5 Å². The molecule has 4 heteroatoms. The number of rotatable bonds is 9. The predicted molar refractivity (Wildman–Crippen MR) is 289 cm³/mol. The molecule has 69 heavy (non-hydrogen) atoms. The zero-order valence-electron chi connectivity index (χ0n) is 38.3. The molecular weight excluding hydrogens is 842 g/mol. The van der Waals surface area contributed by atoms with Gasteiger partial charge in [0.2, 0.25) is 0 Å². The highest BCUT2D eigenvalue weighted by atomic mass is 19.1. The van der Waals surface area contributed by atoms with Crippen LogP contribution in [0.5, 0.6) is 0 Å². The first kappa shape index (κ1) is 40.5. The van der Waals surface area contributed by atoms with Gasteiger partial charge in [-0.05, 0) is 176 Å². The van der Waals surface area contributed by atoms with Crippen molar-refractivity contribution < 1.29 is 4.39 Å². The van der Waals surface area contributed by atoms with E-state index in [1.54, 1.807) is 0 Å². The quantitative estimate of drug-likeness (QED) is 0.134. The summed E-state index contributed by atoms with van der Waals surface area (Å²) in [5.74, 6) is -0.261. The lowest BCUT2D eigenvalue weighted by molar-refractivity contribution is 0.628. The number of benzene rings is 11. The Hall–Kier alpha value is -8.73.